The lowest BCUT2D eigenvalue weighted by atomic mass is 10.1. The number of benzene rings is 2. The lowest BCUT2D eigenvalue weighted by molar-refractivity contribution is 0.306. The second kappa shape index (κ2) is 6.07. The number of ether oxygens (including phenoxy) is 2. The van der Waals surface area contributed by atoms with Crippen molar-refractivity contribution in [3.63, 3.8) is 0 Å². The fraction of sp³-hybridized carbons (Fsp3) is 0.200. The van der Waals surface area contributed by atoms with E-state index in [0.29, 0.717) is 13.2 Å². The molecule has 0 unspecified atom stereocenters. The zero-order valence-corrected chi connectivity index (χ0v) is 10.4. The van der Waals surface area contributed by atoms with Gasteiger partial charge in [0.15, 0.2) is 0 Å². The number of rotatable bonds is 5. The predicted octanol–water partition coefficient (Wildman–Crippen LogP) is 2.73. The number of methoxy groups -OCH3 is 1. The van der Waals surface area contributed by atoms with Crippen LogP contribution in [0, 0.1) is 0 Å². The Bertz CT molecular complexity index is 497. The van der Waals surface area contributed by atoms with E-state index in [1.54, 1.807) is 7.11 Å². The third kappa shape index (κ3) is 3.02. The van der Waals surface area contributed by atoms with Crippen LogP contribution in [-0.4, -0.2) is 7.11 Å². The van der Waals surface area contributed by atoms with E-state index >= 15 is 0 Å². The number of hydrogen-bond donors (Lipinski definition) is 1. The summed E-state index contributed by atoms with van der Waals surface area (Å²) in [6, 6.07) is 15.7. The summed E-state index contributed by atoms with van der Waals surface area (Å²) >= 11 is 0. The molecule has 0 aliphatic rings. The van der Waals surface area contributed by atoms with Crippen molar-refractivity contribution >= 4 is 0 Å². The molecular weight excluding hydrogens is 226 g/mol. The van der Waals surface area contributed by atoms with Gasteiger partial charge < -0.3 is 15.2 Å². The van der Waals surface area contributed by atoms with E-state index in [9.17, 15) is 0 Å². The fourth-order valence-electron chi connectivity index (χ4n) is 1.76. The Labute approximate surface area is 107 Å². The molecular formula is C15H17NO2. The van der Waals surface area contributed by atoms with Crippen molar-refractivity contribution in [3.8, 4) is 11.5 Å². The van der Waals surface area contributed by atoms with Crippen LogP contribution in [-0.2, 0) is 13.2 Å². The predicted molar refractivity (Wildman–Crippen MR) is 71.7 cm³/mol. The second-order valence-corrected chi connectivity index (χ2v) is 3.95. The molecule has 0 heterocycles. The topological polar surface area (TPSA) is 44.5 Å². The molecule has 0 amide bonds. The van der Waals surface area contributed by atoms with Gasteiger partial charge in [0, 0.05) is 12.1 Å². The normalized spacial score (nSPS) is 10.1. The van der Waals surface area contributed by atoms with Gasteiger partial charge in [-0.05, 0) is 29.8 Å². The molecule has 0 atom stereocenters. The van der Waals surface area contributed by atoms with Gasteiger partial charge in [0.2, 0.25) is 0 Å². The average Bonchev–Trinajstić information content (AvgIpc) is 2.45. The lowest BCUT2D eigenvalue weighted by Gasteiger charge is -2.10. The van der Waals surface area contributed by atoms with Gasteiger partial charge in [-0.3, -0.25) is 0 Å². The quantitative estimate of drug-likeness (QED) is 0.878. The Morgan fingerprint density at radius 3 is 2.50 bits per heavy atom. The first kappa shape index (κ1) is 12.5. The van der Waals surface area contributed by atoms with Crippen LogP contribution in [0.4, 0.5) is 0 Å². The summed E-state index contributed by atoms with van der Waals surface area (Å²) in [4.78, 5) is 0. The first-order valence-electron chi connectivity index (χ1n) is 5.87. The molecule has 0 saturated carbocycles. The SMILES string of the molecule is COc1ccc(COc2ccccc2)cc1CN. The van der Waals surface area contributed by atoms with E-state index in [0.717, 1.165) is 22.6 Å². The molecule has 0 spiro atoms. The Morgan fingerprint density at radius 1 is 1.06 bits per heavy atom. The van der Waals surface area contributed by atoms with Crippen molar-refractivity contribution in [1.82, 2.24) is 0 Å². The first-order valence-corrected chi connectivity index (χ1v) is 5.87. The number of hydrogen-bond acceptors (Lipinski definition) is 3. The van der Waals surface area contributed by atoms with Crippen LogP contribution in [0.15, 0.2) is 48.5 Å². The molecule has 0 radical (unpaired) electrons. The van der Waals surface area contributed by atoms with E-state index in [4.69, 9.17) is 15.2 Å². The number of nitrogens with two attached hydrogens (primary N) is 1. The Morgan fingerprint density at radius 2 is 1.83 bits per heavy atom. The highest BCUT2D eigenvalue weighted by Gasteiger charge is 2.03. The Kier molecular flexibility index (Phi) is 4.20. The van der Waals surface area contributed by atoms with E-state index in [-0.39, 0.29) is 0 Å². The monoisotopic (exact) mass is 243 g/mol. The first-order chi connectivity index (χ1) is 8.83. The molecule has 94 valence electrons. The van der Waals surface area contributed by atoms with Gasteiger partial charge in [-0.25, -0.2) is 0 Å². The molecule has 0 fully saturated rings. The summed E-state index contributed by atoms with van der Waals surface area (Å²) in [5, 5.41) is 0. The van der Waals surface area contributed by atoms with Crippen molar-refractivity contribution in [3.05, 3.63) is 59.7 Å². The second-order valence-electron chi connectivity index (χ2n) is 3.95. The van der Waals surface area contributed by atoms with Crippen LogP contribution >= 0.6 is 0 Å². The Hall–Kier alpha value is -2.00. The molecule has 0 bridgehead atoms. The van der Waals surface area contributed by atoms with Crippen molar-refractivity contribution in [2.75, 3.05) is 7.11 Å². The molecule has 0 aliphatic heterocycles. The summed E-state index contributed by atoms with van der Waals surface area (Å²) in [6.07, 6.45) is 0. The van der Waals surface area contributed by atoms with Gasteiger partial charge in [-0.2, -0.15) is 0 Å². The van der Waals surface area contributed by atoms with Crippen LogP contribution in [0.1, 0.15) is 11.1 Å². The maximum atomic E-state index is 5.68. The minimum atomic E-state index is 0.461. The van der Waals surface area contributed by atoms with Crippen LogP contribution in [0.5, 0.6) is 11.5 Å². The van der Waals surface area contributed by atoms with Crippen molar-refractivity contribution < 1.29 is 9.47 Å². The van der Waals surface area contributed by atoms with Crippen LogP contribution in [0.25, 0.3) is 0 Å². The van der Waals surface area contributed by atoms with Crippen LogP contribution in [0.2, 0.25) is 0 Å². The molecule has 2 aromatic rings. The third-order valence-corrected chi connectivity index (χ3v) is 2.71. The summed E-state index contributed by atoms with van der Waals surface area (Å²) in [5.74, 6) is 1.68. The van der Waals surface area contributed by atoms with Gasteiger partial charge in [0.05, 0.1) is 7.11 Å². The highest BCUT2D eigenvalue weighted by Crippen LogP contribution is 2.20. The molecule has 0 aromatic heterocycles. The van der Waals surface area contributed by atoms with Gasteiger partial charge >= 0.3 is 0 Å². The van der Waals surface area contributed by atoms with Gasteiger partial charge in [-0.15, -0.1) is 0 Å². The van der Waals surface area contributed by atoms with E-state index < -0.39 is 0 Å². The fourth-order valence-corrected chi connectivity index (χ4v) is 1.76. The van der Waals surface area contributed by atoms with E-state index in [1.165, 1.54) is 0 Å². The standard InChI is InChI=1S/C15H17NO2/c1-17-15-8-7-12(9-13(15)10-16)11-18-14-5-3-2-4-6-14/h2-9H,10-11,16H2,1H3. The number of para-hydroxylation sites is 1. The highest BCUT2D eigenvalue weighted by atomic mass is 16.5. The molecule has 3 heteroatoms. The minimum Gasteiger partial charge on any atom is -0.496 e. The van der Waals surface area contributed by atoms with Crippen molar-refractivity contribution in [2.24, 2.45) is 5.73 Å². The van der Waals surface area contributed by atoms with E-state index in [2.05, 4.69) is 0 Å². The maximum Gasteiger partial charge on any atom is 0.123 e. The summed E-state index contributed by atoms with van der Waals surface area (Å²) in [6.45, 7) is 0.989. The molecule has 2 aromatic carbocycles. The third-order valence-electron chi connectivity index (χ3n) is 2.71. The molecule has 18 heavy (non-hydrogen) atoms. The van der Waals surface area contributed by atoms with Crippen molar-refractivity contribution in [2.45, 2.75) is 13.2 Å². The summed E-state index contributed by atoms with van der Waals surface area (Å²) in [5.41, 5.74) is 7.76. The van der Waals surface area contributed by atoms with Gasteiger partial charge in [0.1, 0.15) is 18.1 Å². The molecule has 0 saturated heterocycles. The van der Waals surface area contributed by atoms with E-state index in [1.807, 2.05) is 48.5 Å². The summed E-state index contributed by atoms with van der Waals surface area (Å²) in [7, 11) is 1.65. The molecule has 3 nitrogen and oxygen atoms in total. The lowest BCUT2D eigenvalue weighted by Crippen LogP contribution is -2.02. The highest BCUT2D eigenvalue weighted by molar-refractivity contribution is 5.37. The van der Waals surface area contributed by atoms with Crippen LogP contribution in [0.3, 0.4) is 0 Å². The maximum absolute atomic E-state index is 5.68. The van der Waals surface area contributed by atoms with Crippen molar-refractivity contribution in [1.29, 1.82) is 0 Å². The molecule has 0 aliphatic carbocycles. The molecule has 2 N–H and O–H groups in total. The largest absolute Gasteiger partial charge is 0.496 e. The average molecular weight is 243 g/mol. The smallest absolute Gasteiger partial charge is 0.123 e. The minimum absolute atomic E-state index is 0.461. The molecule has 2 rings (SSSR count). The summed E-state index contributed by atoms with van der Waals surface area (Å²) < 4.78 is 10.9. The van der Waals surface area contributed by atoms with Crippen LogP contribution < -0.4 is 15.2 Å². The Balaban J connectivity index is 2.06. The van der Waals surface area contributed by atoms with Gasteiger partial charge in [0.25, 0.3) is 0 Å². The van der Waals surface area contributed by atoms with Gasteiger partial charge in [-0.1, -0.05) is 24.3 Å². The zero-order chi connectivity index (χ0) is 12.8. The zero-order valence-electron chi connectivity index (χ0n) is 10.4.